The van der Waals surface area contributed by atoms with Crippen LogP contribution in [0.5, 0.6) is 0 Å². The highest BCUT2D eigenvalue weighted by molar-refractivity contribution is 5.25. The van der Waals surface area contributed by atoms with Gasteiger partial charge in [-0.2, -0.15) is 0 Å². The number of aryl methyl sites for hydroxylation is 2. The number of hydrogen-bond acceptors (Lipinski definition) is 4. The first-order chi connectivity index (χ1) is 8.51. The topological polar surface area (TPSA) is 61.0 Å². The molecule has 1 rings (SSSR count). The van der Waals surface area contributed by atoms with Crippen molar-refractivity contribution in [3.63, 3.8) is 0 Å². The van der Waals surface area contributed by atoms with Gasteiger partial charge in [-0.05, 0) is 45.2 Å². The van der Waals surface area contributed by atoms with E-state index in [9.17, 15) is 0 Å². The van der Waals surface area contributed by atoms with Crippen LogP contribution in [0.2, 0.25) is 0 Å². The van der Waals surface area contributed by atoms with Crippen molar-refractivity contribution < 1.29 is 4.74 Å². The molecule has 1 unspecified atom stereocenters. The maximum atomic E-state index is 5.75. The highest BCUT2D eigenvalue weighted by Crippen LogP contribution is 2.24. The largest absolute Gasteiger partial charge is 0.370 e. The van der Waals surface area contributed by atoms with Gasteiger partial charge in [0.1, 0.15) is 6.10 Å². The van der Waals surface area contributed by atoms with Crippen LogP contribution in [0.1, 0.15) is 49.7 Å². The van der Waals surface area contributed by atoms with Gasteiger partial charge in [0.25, 0.3) is 0 Å². The number of nitrogens with two attached hydrogens (primary N) is 1. The molecule has 4 heteroatoms. The first kappa shape index (κ1) is 15.1. The van der Waals surface area contributed by atoms with Gasteiger partial charge in [0.05, 0.1) is 0 Å². The zero-order valence-corrected chi connectivity index (χ0v) is 12.2. The van der Waals surface area contributed by atoms with Gasteiger partial charge >= 0.3 is 0 Å². The minimum atomic E-state index is -0.0284. The molecule has 0 aliphatic rings. The summed E-state index contributed by atoms with van der Waals surface area (Å²) in [7, 11) is 0. The van der Waals surface area contributed by atoms with Crippen LogP contribution in [0.25, 0.3) is 0 Å². The third-order valence-corrected chi connectivity index (χ3v) is 3.04. The van der Waals surface area contributed by atoms with Crippen LogP contribution in [-0.2, 0) is 11.2 Å². The molecule has 1 aromatic rings. The predicted molar refractivity (Wildman–Crippen MR) is 73.5 cm³/mol. The van der Waals surface area contributed by atoms with E-state index >= 15 is 0 Å². The summed E-state index contributed by atoms with van der Waals surface area (Å²) in [5.41, 5.74) is 8.82. The van der Waals surface area contributed by atoms with E-state index in [1.165, 1.54) is 5.56 Å². The number of aromatic nitrogens is 2. The Hall–Kier alpha value is -1.00. The summed E-state index contributed by atoms with van der Waals surface area (Å²) in [6, 6.07) is 0. The quantitative estimate of drug-likeness (QED) is 0.843. The van der Waals surface area contributed by atoms with Crippen molar-refractivity contribution in [2.75, 3.05) is 13.2 Å². The lowest BCUT2D eigenvalue weighted by molar-refractivity contribution is 0.0229. The molecule has 1 aromatic heterocycles. The summed E-state index contributed by atoms with van der Waals surface area (Å²) < 4.78 is 5.75. The van der Waals surface area contributed by atoms with Crippen molar-refractivity contribution in [3.05, 3.63) is 22.8 Å². The van der Waals surface area contributed by atoms with Crippen LogP contribution in [0.15, 0.2) is 0 Å². The Balaban J connectivity index is 3.10. The van der Waals surface area contributed by atoms with E-state index in [-0.39, 0.29) is 6.10 Å². The first-order valence-corrected chi connectivity index (χ1v) is 6.66. The van der Waals surface area contributed by atoms with Gasteiger partial charge in [-0.1, -0.05) is 13.8 Å². The van der Waals surface area contributed by atoms with Crippen molar-refractivity contribution >= 4 is 0 Å². The molecule has 0 bridgehead atoms. The SMILES string of the molecule is CCOC(c1nc(C)c(CCN)c(C)n1)C(C)C. The van der Waals surface area contributed by atoms with E-state index in [1.807, 2.05) is 20.8 Å². The van der Waals surface area contributed by atoms with E-state index in [1.54, 1.807) is 0 Å². The molecular formula is C14H25N3O. The molecule has 1 heterocycles. The van der Waals surface area contributed by atoms with Crippen molar-refractivity contribution in [1.82, 2.24) is 9.97 Å². The molecule has 0 spiro atoms. The fourth-order valence-electron chi connectivity index (χ4n) is 2.14. The first-order valence-electron chi connectivity index (χ1n) is 6.66. The zero-order valence-electron chi connectivity index (χ0n) is 12.2. The molecule has 0 saturated heterocycles. The lowest BCUT2D eigenvalue weighted by Gasteiger charge is -2.21. The Bertz CT molecular complexity index is 368. The summed E-state index contributed by atoms with van der Waals surface area (Å²) in [6.07, 6.45) is 0.804. The highest BCUT2D eigenvalue weighted by Gasteiger charge is 2.20. The number of ether oxygens (including phenoxy) is 1. The lowest BCUT2D eigenvalue weighted by atomic mass is 10.0. The molecule has 4 nitrogen and oxygen atoms in total. The van der Waals surface area contributed by atoms with E-state index in [2.05, 4.69) is 23.8 Å². The van der Waals surface area contributed by atoms with Crippen LogP contribution in [0, 0.1) is 19.8 Å². The van der Waals surface area contributed by atoms with E-state index in [0.717, 1.165) is 23.6 Å². The van der Waals surface area contributed by atoms with E-state index in [4.69, 9.17) is 10.5 Å². The normalized spacial score (nSPS) is 13.1. The smallest absolute Gasteiger partial charge is 0.157 e. The van der Waals surface area contributed by atoms with Crippen molar-refractivity contribution in [1.29, 1.82) is 0 Å². The third kappa shape index (κ3) is 3.50. The summed E-state index contributed by atoms with van der Waals surface area (Å²) in [6.45, 7) is 11.6. The minimum Gasteiger partial charge on any atom is -0.370 e. The van der Waals surface area contributed by atoms with Gasteiger partial charge in [0, 0.05) is 18.0 Å². The minimum absolute atomic E-state index is 0.0284. The highest BCUT2D eigenvalue weighted by atomic mass is 16.5. The molecule has 18 heavy (non-hydrogen) atoms. The monoisotopic (exact) mass is 251 g/mol. The molecular weight excluding hydrogens is 226 g/mol. The standard InChI is InChI=1S/C14H25N3O/c1-6-18-13(9(2)3)14-16-10(4)12(7-8-15)11(5)17-14/h9,13H,6-8,15H2,1-5H3. The molecule has 0 radical (unpaired) electrons. The van der Waals surface area contributed by atoms with Gasteiger partial charge in [0.15, 0.2) is 5.82 Å². The second-order valence-corrected chi connectivity index (χ2v) is 4.89. The second kappa shape index (κ2) is 6.81. The third-order valence-electron chi connectivity index (χ3n) is 3.04. The van der Waals surface area contributed by atoms with Crippen LogP contribution >= 0.6 is 0 Å². The fourth-order valence-corrected chi connectivity index (χ4v) is 2.14. The molecule has 102 valence electrons. The molecule has 1 atom stereocenters. The van der Waals surface area contributed by atoms with Crippen molar-refractivity contribution in [3.8, 4) is 0 Å². The summed E-state index contributed by atoms with van der Waals surface area (Å²) in [4.78, 5) is 9.20. The molecule has 0 saturated carbocycles. The maximum Gasteiger partial charge on any atom is 0.157 e. The summed E-state index contributed by atoms with van der Waals surface area (Å²) >= 11 is 0. The molecule has 2 N–H and O–H groups in total. The summed E-state index contributed by atoms with van der Waals surface area (Å²) in [5, 5.41) is 0. The van der Waals surface area contributed by atoms with Gasteiger partial charge in [0.2, 0.25) is 0 Å². The molecule has 0 aliphatic carbocycles. The van der Waals surface area contributed by atoms with Crippen LogP contribution < -0.4 is 5.73 Å². The van der Waals surface area contributed by atoms with Crippen molar-refractivity contribution in [2.24, 2.45) is 11.7 Å². The number of rotatable bonds is 6. The van der Waals surface area contributed by atoms with Crippen molar-refractivity contribution in [2.45, 2.75) is 47.1 Å². The Morgan fingerprint density at radius 3 is 2.11 bits per heavy atom. The van der Waals surface area contributed by atoms with E-state index < -0.39 is 0 Å². The Morgan fingerprint density at radius 2 is 1.72 bits per heavy atom. The predicted octanol–water partition coefficient (Wildman–Crippen LogP) is 2.33. The lowest BCUT2D eigenvalue weighted by Crippen LogP contribution is -2.18. The fraction of sp³-hybridized carbons (Fsp3) is 0.714. The zero-order chi connectivity index (χ0) is 13.7. The Kier molecular flexibility index (Phi) is 5.69. The molecule has 0 aliphatic heterocycles. The number of hydrogen-bond donors (Lipinski definition) is 1. The van der Waals surface area contributed by atoms with Crippen LogP contribution in [0.3, 0.4) is 0 Å². The van der Waals surface area contributed by atoms with Gasteiger partial charge < -0.3 is 10.5 Å². The van der Waals surface area contributed by atoms with Gasteiger partial charge in [-0.25, -0.2) is 9.97 Å². The average molecular weight is 251 g/mol. The molecule has 0 fully saturated rings. The van der Waals surface area contributed by atoms with Gasteiger partial charge in [-0.15, -0.1) is 0 Å². The number of nitrogens with zero attached hydrogens (tertiary/aromatic N) is 2. The van der Waals surface area contributed by atoms with Crippen LogP contribution in [-0.4, -0.2) is 23.1 Å². The maximum absolute atomic E-state index is 5.75. The average Bonchev–Trinajstić information content (AvgIpc) is 2.30. The Morgan fingerprint density at radius 1 is 1.17 bits per heavy atom. The van der Waals surface area contributed by atoms with Crippen LogP contribution in [0.4, 0.5) is 0 Å². The molecule has 0 amide bonds. The summed E-state index contributed by atoms with van der Waals surface area (Å²) in [5.74, 6) is 1.16. The van der Waals surface area contributed by atoms with E-state index in [0.29, 0.717) is 19.1 Å². The molecule has 0 aromatic carbocycles. The van der Waals surface area contributed by atoms with Gasteiger partial charge in [-0.3, -0.25) is 0 Å². The second-order valence-electron chi connectivity index (χ2n) is 4.89. The Labute approximate surface area is 110 Å².